The monoisotopic (exact) mass is 430 g/mol. The van der Waals surface area contributed by atoms with Crippen LogP contribution in [0.25, 0.3) is 21.6 Å². The van der Waals surface area contributed by atoms with Crippen LogP contribution in [0, 0.1) is 5.92 Å². The highest BCUT2D eigenvalue weighted by Gasteiger charge is 2.22. The van der Waals surface area contributed by atoms with Gasteiger partial charge in [0.05, 0.1) is 5.39 Å². The van der Waals surface area contributed by atoms with Gasteiger partial charge in [0.1, 0.15) is 16.4 Å². The van der Waals surface area contributed by atoms with Gasteiger partial charge in [0.2, 0.25) is 0 Å². The third-order valence-electron chi connectivity index (χ3n) is 5.87. The molecule has 0 spiro atoms. The van der Waals surface area contributed by atoms with Crippen molar-refractivity contribution in [3.63, 3.8) is 0 Å². The summed E-state index contributed by atoms with van der Waals surface area (Å²) in [6.07, 6.45) is 9.22. The molecule has 1 aromatic carbocycles. The molecule has 3 heterocycles. The molecular formula is C25H26N4OS. The number of phenols is 1. The van der Waals surface area contributed by atoms with E-state index in [1.165, 1.54) is 28.7 Å². The number of aromatic hydroxyl groups is 1. The van der Waals surface area contributed by atoms with E-state index >= 15 is 0 Å². The number of aryl methyl sites for hydroxylation is 2. The van der Waals surface area contributed by atoms with Crippen molar-refractivity contribution in [2.75, 3.05) is 11.9 Å². The van der Waals surface area contributed by atoms with Crippen LogP contribution in [0.4, 0.5) is 5.82 Å². The number of hydrogen-bond donors (Lipinski definition) is 2. The number of nitrogens with zero attached hydrogens (tertiary/aromatic N) is 3. The van der Waals surface area contributed by atoms with E-state index in [2.05, 4.69) is 23.3 Å². The number of rotatable bonds is 6. The summed E-state index contributed by atoms with van der Waals surface area (Å²) in [5, 5.41) is 14.6. The number of nitrogens with one attached hydrogen (secondary N) is 1. The zero-order chi connectivity index (χ0) is 21.2. The molecule has 0 bridgehead atoms. The molecule has 31 heavy (non-hydrogen) atoms. The Labute approximate surface area is 186 Å². The number of pyridine rings is 1. The highest BCUT2D eigenvalue weighted by molar-refractivity contribution is 7.19. The predicted octanol–water partition coefficient (Wildman–Crippen LogP) is 5.63. The number of phenolic OH excluding ortho intramolecular Hbond substituents is 1. The van der Waals surface area contributed by atoms with Gasteiger partial charge in [-0.15, -0.1) is 11.3 Å². The zero-order valence-corrected chi connectivity index (χ0v) is 18.5. The Morgan fingerprint density at radius 3 is 2.77 bits per heavy atom. The molecule has 0 saturated carbocycles. The Hall–Kier alpha value is -2.99. The van der Waals surface area contributed by atoms with Gasteiger partial charge in [0.15, 0.2) is 5.82 Å². The lowest BCUT2D eigenvalue weighted by Gasteiger charge is -2.16. The molecular weight excluding hydrogens is 404 g/mol. The van der Waals surface area contributed by atoms with E-state index in [9.17, 15) is 5.11 Å². The lowest BCUT2D eigenvalue weighted by atomic mass is 9.96. The molecule has 5 nitrogen and oxygen atoms in total. The molecule has 2 N–H and O–H groups in total. The van der Waals surface area contributed by atoms with E-state index in [0.717, 1.165) is 53.4 Å². The lowest BCUT2D eigenvalue weighted by Crippen LogP contribution is -2.15. The molecule has 6 heteroatoms. The Balaban J connectivity index is 1.46. The number of aromatic nitrogens is 3. The average Bonchev–Trinajstić information content (AvgIpc) is 3.17. The SMILES string of the molecule is CC(CNc1nc(-c2ccncc2)nc2sc3c(c12)CCCC3)Cc1cccc(O)c1. The first-order chi connectivity index (χ1) is 15.2. The van der Waals surface area contributed by atoms with Crippen LogP contribution in [0.3, 0.4) is 0 Å². The maximum absolute atomic E-state index is 9.74. The second-order valence-electron chi connectivity index (χ2n) is 8.38. The van der Waals surface area contributed by atoms with Gasteiger partial charge < -0.3 is 10.4 Å². The van der Waals surface area contributed by atoms with Gasteiger partial charge in [-0.3, -0.25) is 4.98 Å². The number of anilines is 1. The summed E-state index contributed by atoms with van der Waals surface area (Å²) >= 11 is 1.83. The molecule has 0 saturated heterocycles. The third-order valence-corrected chi connectivity index (χ3v) is 7.05. The van der Waals surface area contributed by atoms with Crippen molar-refractivity contribution in [2.24, 2.45) is 5.92 Å². The van der Waals surface area contributed by atoms with Gasteiger partial charge in [-0.2, -0.15) is 0 Å². The fourth-order valence-corrected chi connectivity index (χ4v) is 5.61. The summed E-state index contributed by atoms with van der Waals surface area (Å²) in [7, 11) is 0. The van der Waals surface area contributed by atoms with Gasteiger partial charge in [0, 0.05) is 29.4 Å². The second kappa shape index (κ2) is 8.63. The minimum Gasteiger partial charge on any atom is -0.508 e. The quantitative estimate of drug-likeness (QED) is 0.415. The van der Waals surface area contributed by atoms with Crippen molar-refractivity contribution >= 4 is 27.4 Å². The minimum atomic E-state index is 0.321. The standard InChI is InChI=1S/C25H26N4OS/c1-16(13-17-5-4-6-19(30)14-17)15-27-24-22-20-7-2-3-8-21(20)31-25(22)29-23(28-24)18-9-11-26-12-10-18/h4-6,9-12,14,16,30H,2-3,7-8,13,15H2,1H3,(H,27,28,29). The highest BCUT2D eigenvalue weighted by atomic mass is 32.1. The van der Waals surface area contributed by atoms with Crippen molar-refractivity contribution in [1.82, 2.24) is 15.0 Å². The van der Waals surface area contributed by atoms with Crippen LogP contribution < -0.4 is 5.32 Å². The molecule has 0 aliphatic heterocycles. The van der Waals surface area contributed by atoms with E-state index in [0.29, 0.717) is 11.7 Å². The summed E-state index contributed by atoms with van der Waals surface area (Å²) in [6.45, 7) is 3.03. The molecule has 0 fully saturated rings. The molecule has 0 radical (unpaired) electrons. The average molecular weight is 431 g/mol. The predicted molar refractivity (Wildman–Crippen MR) is 127 cm³/mol. The molecule has 1 unspecified atom stereocenters. The van der Waals surface area contributed by atoms with Gasteiger partial charge in [0.25, 0.3) is 0 Å². The lowest BCUT2D eigenvalue weighted by molar-refractivity contribution is 0.473. The Morgan fingerprint density at radius 2 is 1.94 bits per heavy atom. The van der Waals surface area contributed by atoms with Gasteiger partial charge in [-0.25, -0.2) is 9.97 Å². The molecule has 4 aromatic rings. The number of fused-ring (bicyclic) bond motifs is 3. The van der Waals surface area contributed by atoms with E-state index < -0.39 is 0 Å². The number of hydrogen-bond acceptors (Lipinski definition) is 6. The Morgan fingerprint density at radius 1 is 1.10 bits per heavy atom. The van der Waals surface area contributed by atoms with Gasteiger partial charge >= 0.3 is 0 Å². The van der Waals surface area contributed by atoms with E-state index in [1.807, 2.05) is 35.6 Å². The summed E-state index contributed by atoms with van der Waals surface area (Å²) in [5.41, 5.74) is 3.57. The molecule has 1 aliphatic carbocycles. The van der Waals surface area contributed by atoms with Gasteiger partial charge in [-0.05, 0) is 73.4 Å². The van der Waals surface area contributed by atoms with Crippen LogP contribution >= 0.6 is 11.3 Å². The molecule has 5 rings (SSSR count). The first-order valence-electron chi connectivity index (χ1n) is 10.9. The van der Waals surface area contributed by atoms with Crippen molar-refractivity contribution in [2.45, 2.75) is 39.0 Å². The van der Waals surface area contributed by atoms with Crippen molar-refractivity contribution in [1.29, 1.82) is 0 Å². The first kappa shape index (κ1) is 19.9. The second-order valence-corrected chi connectivity index (χ2v) is 9.47. The summed E-state index contributed by atoms with van der Waals surface area (Å²) in [4.78, 5) is 16.6. The minimum absolute atomic E-state index is 0.321. The van der Waals surface area contributed by atoms with Crippen LogP contribution in [0.1, 0.15) is 35.8 Å². The number of thiophene rings is 1. The van der Waals surface area contributed by atoms with Crippen LogP contribution in [0.2, 0.25) is 0 Å². The van der Waals surface area contributed by atoms with Crippen LogP contribution in [-0.2, 0) is 19.3 Å². The fraction of sp³-hybridized carbons (Fsp3) is 0.320. The first-order valence-corrected chi connectivity index (χ1v) is 11.7. The number of benzene rings is 1. The summed E-state index contributed by atoms with van der Waals surface area (Å²) < 4.78 is 0. The molecule has 1 atom stereocenters. The third kappa shape index (κ3) is 4.26. The van der Waals surface area contributed by atoms with Crippen LogP contribution in [0.15, 0.2) is 48.8 Å². The van der Waals surface area contributed by atoms with Crippen molar-refractivity contribution < 1.29 is 5.11 Å². The highest BCUT2D eigenvalue weighted by Crippen LogP contribution is 2.39. The van der Waals surface area contributed by atoms with E-state index in [4.69, 9.17) is 9.97 Å². The maximum atomic E-state index is 9.74. The topological polar surface area (TPSA) is 70.9 Å². The van der Waals surface area contributed by atoms with E-state index in [-0.39, 0.29) is 0 Å². The Kier molecular flexibility index (Phi) is 5.55. The maximum Gasteiger partial charge on any atom is 0.163 e. The molecule has 0 amide bonds. The van der Waals surface area contributed by atoms with Crippen molar-refractivity contribution in [3.05, 3.63) is 64.8 Å². The van der Waals surface area contributed by atoms with Gasteiger partial charge in [-0.1, -0.05) is 19.1 Å². The molecule has 158 valence electrons. The fourth-order valence-electron chi connectivity index (χ4n) is 4.34. The summed E-state index contributed by atoms with van der Waals surface area (Å²) in [5.74, 6) is 2.41. The Bertz CT molecular complexity index is 1210. The molecule has 3 aromatic heterocycles. The largest absolute Gasteiger partial charge is 0.508 e. The smallest absolute Gasteiger partial charge is 0.163 e. The van der Waals surface area contributed by atoms with E-state index in [1.54, 1.807) is 18.5 Å². The zero-order valence-electron chi connectivity index (χ0n) is 17.6. The molecule has 1 aliphatic rings. The summed E-state index contributed by atoms with van der Waals surface area (Å²) in [6, 6.07) is 11.4. The van der Waals surface area contributed by atoms with Crippen LogP contribution in [-0.4, -0.2) is 26.6 Å². The normalized spacial score (nSPS) is 14.4. The van der Waals surface area contributed by atoms with Crippen LogP contribution in [0.5, 0.6) is 5.75 Å². The van der Waals surface area contributed by atoms with Crippen molar-refractivity contribution in [3.8, 4) is 17.1 Å².